The zero-order chi connectivity index (χ0) is 14.1. The zero-order valence-corrected chi connectivity index (χ0v) is 12.2. The second-order valence-corrected chi connectivity index (χ2v) is 6.39. The van der Waals surface area contributed by atoms with Crippen LogP contribution in [0.15, 0.2) is 48.9 Å². The van der Waals surface area contributed by atoms with Gasteiger partial charge in [0.15, 0.2) is 0 Å². The standard InChI is InChI=1S/C18H21N3/c1-2-4-14(5-3-1)10-15-11-16-6-7-17(12-15)21(16)18-8-9-19-13-20-18/h1-5,8-9,13,15-17H,6-7,10-12H2. The molecule has 4 rings (SSSR count). The third-order valence-electron chi connectivity index (χ3n) is 5.03. The summed E-state index contributed by atoms with van der Waals surface area (Å²) >= 11 is 0. The van der Waals surface area contributed by atoms with E-state index in [0.717, 1.165) is 11.7 Å². The topological polar surface area (TPSA) is 29.0 Å². The van der Waals surface area contributed by atoms with E-state index in [-0.39, 0.29) is 0 Å². The Hall–Kier alpha value is -1.90. The fraction of sp³-hybridized carbons (Fsp3) is 0.444. The van der Waals surface area contributed by atoms with E-state index in [1.165, 1.54) is 37.7 Å². The molecule has 0 spiro atoms. The second kappa shape index (κ2) is 5.47. The highest BCUT2D eigenvalue weighted by Crippen LogP contribution is 2.41. The number of piperidine rings is 1. The summed E-state index contributed by atoms with van der Waals surface area (Å²) < 4.78 is 0. The molecule has 3 heterocycles. The molecule has 0 amide bonds. The molecule has 0 saturated carbocycles. The van der Waals surface area contributed by atoms with Crippen molar-refractivity contribution in [3.05, 3.63) is 54.5 Å². The summed E-state index contributed by atoms with van der Waals surface area (Å²) in [6, 6.07) is 14.3. The second-order valence-electron chi connectivity index (χ2n) is 6.39. The van der Waals surface area contributed by atoms with E-state index in [0.29, 0.717) is 12.1 Å². The molecule has 0 N–H and O–H groups in total. The van der Waals surface area contributed by atoms with Gasteiger partial charge in [-0.2, -0.15) is 0 Å². The molecule has 2 aliphatic heterocycles. The van der Waals surface area contributed by atoms with Gasteiger partial charge >= 0.3 is 0 Å². The first kappa shape index (κ1) is 12.8. The Morgan fingerprint density at radius 3 is 2.43 bits per heavy atom. The average Bonchev–Trinajstić information content (AvgIpc) is 2.80. The molecule has 2 atom stereocenters. The highest BCUT2D eigenvalue weighted by molar-refractivity contribution is 5.42. The van der Waals surface area contributed by atoms with Crippen molar-refractivity contribution in [3.63, 3.8) is 0 Å². The van der Waals surface area contributed by atoms with Crippen LogP contribution in [0, 0.1) is 5.92 Å². The molecule has 2 unspecified atom stereocenters. The van der Waals surface area contributed by atoms with Crippen molar-refractivity contribution in [1.29, 1.82) is 0 Å². The van der Waals surface area contributed by atoms with Gasteiger partial charge in [-0.3, -0.25) is 0 Å². The lowest BCUT2D eigenvalue weighted by molar-refractivity contribution is 0.336. The third-order valence-corrected chi connectivity index (χ3v) is 5.03. The third kappa shape index (κ3) is 2.53. The van der Waals surface area contributed by atoms with Gasteiger partial charge in [0.2, 0.25) is 0 Å². The van der Waals surface area contributed by atoms with Crippen LogP contribution in [0.2, 0.25) is 0 Å². The van der Waals surface area contributed by atoms with Crippen LogP contribution in [0.3, 0.4) is 0 Å². The number of fused-ring (bicyclic) bond motifs is 2. The Morgan fingerprint density at radius 1 is 1.00 bits per heavy atom. The van der Waals surface area contributed by atoms with Crippen molar-refractivity contribution in [1.82, 2.24) is 9.97 Å². The van der Waals surface area contributed by atoms with Crippen molar-refractivity contribution < 1.29 is 0 Å². The molecule has 21 heavy (non-hydrogen) atoms. The van der Waals surface area contributed by atoms with E-state index in [1.54, 1.807) is 6.33 Å². The minimum atomic E-state index is 0.673. The molecule has 3 nitrogen and oxygen atoms in total. The van der Waals surface area contributed by atoms with Gasteiger partial charge < -0.3 is 4.90 Å². The SMILES string of the molecule is c1ccc(CC2CC3CCC(C2)N3c2ccncn2)cc1. The fourth-order valence-electron chi connectivity index (χ4n) is 4.21. The van der Waals surface area contributed by atoms with Crippen molar-refractivity contribution >= 4 is 5.82 Å². The van der Waals surface area contributed by atoms with Crippen LogP contribution in [0.1, 0.15) is 31.2 Å². The summed E-state index contributed by atoms with van der Waals surface area (Å²) in [6.07, 6.45) is 10.00. The lowest BCUT2D eigenvalue weighted by Gasteiger charge is -2.39. The predicted molar refractivity (Wildman–Crippen MR) is 84.2 cm³/mol. The molecule has 0 aliphatic carbocycles. The van der Waals surface area contributed by atoms with E-state index in [4.69, 9.17) is 0 Å². The molecule has 3 heteroatoms. The first-order chi connectivity index (χ1) is 10.4. The summed E-state index contributed by atoms with van der Waals surface area (Å²) in [5.74, 6) is 1.94. The number of hydrogen-bond acceptors (Lipinski definition) is 3. The van der Waals surface area contributed by atoms with E-state index in [9.17, 15) is 0 Å². The molecule has 0 radical (unpaired) electrons. The Bertz CT molecular complexity index is 570. The normalized spacial score (nSPS) is 27.8. The van der Waals surface area contributed by atoms with Crippen molar-refractivity contribution in [2.75, 3.05) is 4.90 Å². The van der Waals surface area contributed by atoms with E-state index in [2.05, 4.69) is 51.3 Å². The minimum Gasteiger partial charge on any atom is -0.351 e. The number of rotatable bonds is 3. The lowest BCUT2D eigenvalue weighted by Crippen LogP contribution is -2.43. The van der Waals surface area contributed by atoms with Crippen molar-refractivity contribution in [2.45, 2.75) is 44.2 Å². The van der Waals surface area contributed by atoms with Crippen LogP contribution >= 0.6 is 0 Å². The number of hydrogen-bond donors (Lipinski definition) is 0. The quantitative estimate of drug-likeness (QED) is 0.861. The maximum Gasteiger partial charge on any atom is 0.132 e. The average molecular weight is 279 g/mol. The maximum atomic E-state index is 4.47. The summed E-state index contributed by atoms with van der Waals surface area (Å²) in [5.41, 5.74) is 1.48. The van der Waals surface area contributed by atoms with Crippen molar-refractivity contribution in [3.8, 4) is 0 Å². The number of nitrogens with zero attached hydrogens (tertiary/aromatic N) is 3. The maximum absolute atomic E-state index is 4.47. The van der Waals surface area contributed by atoms with E-state index in [1.807, 2.05) is 6.20 Å². The highest BCUT2D eigenvalue weighted by atomic mass is 15.3. The molecule has 2 aliphatic rings. The highest BCUT2D eigenvalue weighted by Gasteiger charge is 2.41. The molecular weight excluding hydrogens is 258 g/mol. The molecule has 1 aromatic carbocycles. The summed E-state index contributed by atoms with van der Waals surface area (Å²) in [7, 11) is 0. The summed E-state index contributed by atoms with van der Waals surface area (Å²) in [4.78, 5) is 11.1. The van der Waals surface area contributed by atoms with E-state index >= 15 is 0 Å². The van der Waals surface area contributed by atoms with Gasteiger partial charge in [-0.05, 0) is 49.7 Å². The van der Waals surface area contributed by atoms with Gasteiger partial charge in [0.25, 0.3) is 0 Å². The Labute approximate surface area is 126 Å². The molecule has 108 valence electrons. The van der Waals surface area contributed by atoms with Gasteiger partial charge in [-0.1, -0.05) is 30.3 Å². The number of anilines is 1. The van der Waals surface area contributed by atoms with Crippen LogP contribution in [-0.2, 0) is 6.42 Å². The fourth-order valence-corrected chi connectivity index (χ4v) is 4.21. The van der Waals surface area contributed by atoms with Crippen molar-refractivity contribution in [2.24, 2.45) is 5.92 Å². The molecule has 2 fully saturated rings. The zero-order valence-electron chi connectivity index (χ0n) is 12.2. The summed E-state index contributed by atoms with van der Waals surface area (Å²) in [5, 5.41) is 0. The van der Waals surface area contributed by atoms with Crippen LogP contribution in [0.4, 0.5) is 5.82 Å². The predicted octanol–water partition coefficient (Wildman–Crippen LogP) is 3.47. The largest absolute Gasteiger partial charge is 0.351 e. The first-order valence-corrected chi connectivity index (χ1v) is 7.98. The number of benzene rings is 1. The van der Waals surface area contributed by atoms with Gasteiger partial charge in [-0.25, -0.2) is 9.97 Å². The Kier molecular flexibility index (Phi) is 3.34. The molecular formula is C18H21N3. The van der Waals surface area contributed by atoms with Crippen LogP contribution in [0.25, 0.3) is 0 Å². The van der Waals surface area contributed by atoms with E-state index < -0.39 is 0 Å². The monoisotopic (exact) mass is 279 g/mol. The molecule has 2 saturated heterocycles. The van der Waals surface area contributed by atoms with Gasteiger partial charge in [0.1, 0.15) is 12.1 Å². The lowest BCUT2D eigenvalue weighted by atomic mass is 9.86. The molecule has 2 aromatic rings. The smallest absolute Gasteiger partial charge is 0.132 e. The van der Waals surface area contributed by atoms with Gasteiger partial charge in [0, 0.05) is 18.3 Å². The Balaban J connectivity index is 1.49. The summed E-state index contributed by atoms with van der Waals surface area (Å²) in [6.45, 7) is 0. The molecule has 1 aromatic heterocycles. The Morgan fingerprint density at radius 2 is 1.76 bits per heavy atom. The van der Waals surface area contributed by atoms with Crippen LogP contribution in [0.5, 0.6) is 0 Å². The van der Waals surface area contributed by atoms with Crippen LogP contribution in [-0.4, -0.2) is 22.1 Å². The van der Waals surface area contributed by atoms with Gasteiger partial charge in [0.05, 0.1) is 0 Å². The molecule has 2 bridgehead atoms. The minimum absolute atomic E-state index is 0.673. The van der Waals surface area contributed by atoms with Crippen LogP contribution < -0.4 is 4.90 Å². The first-order valence-electron chi connectivity index (χ1n) is 7.98. The number of aromatic nitrogens is 2. The van der Waals surface area contributed by atoms with Gasteiger partial charge in [-0.15, -0.1) is 0 Å².